The van der Waals surface area contributed by atoms with E-state index in [1.807, 2.05) is 0 Å². The number of rotatable bonds is 6. The molecule has 1 aliphatic heterocycles. The molecule has 10 nitrogen and oxygen atoms in total. The lowest BCUT2D eigenvalue weighted by Gasteiger charge is -2.27. The summed E-state index contributed by atoms with van der Waals surface area (Å²) in [5.41, 5.74) is -0.931. The predicted octanol–water partition coefficient (Wildman–Crippen LogP) is 2.95. The van der Waals surface area contributed by atoms with Gasteiger partial charge in [-0.05, 0) is 25.1 Å². The topological polar surface area (TPSA) is 134 Å². The number of aryl methyl sites for hydroxylation is 1. The van der Waals surface area contributed by atoms with Gasteiger partial charge in [-0.25, -0.2) is 0 Å². The average Bonchev–Trinajstić information content (AvgIpc) is 2.72. The van der Waals surface area contributed by atoms with Crippen LogP contribution in [0.3, 0.4) is 0 Å². The van der Waals surface area contributed by atoms with Crippen LogP contribution in [0.4, 0.5) is 24.5 Å². The number of nitrogens with one attached hydrogen (secondary N) is 1. The van der Waals surface area contributed by atoms with Gasteiger partial charge in [-0.2, -0.15) is 21.6 Å². The molecule has 3 rings (SSSR count). The van der Waals surface area contributed by atoms with Gasteiger partial charge in [0.15, 0.2) is 23.3 Å². The number of hydrogen-bond acceptors (Lipinski definition) is 8. The minimum absolute atomic E-state index is 0.131. The Bertz CT molecular complexity index is 1150. The van der Waals surface area contributed by atoms with Crippen molar-refractivity contribution in [1.29, 1.82) is 0 Å². The van der Waals surface area contributed by atoms with Crippen LogP contribution in [-0.4, -0.2) is 44.7 Å². The number of carbonyl (C=O) groups excluding carboxylic acids is 1. The van der Waals surface area contributed by atoms with E-state index in [-0.39, 0.29) is 17.3 Å². The van der Waals surface area contributed by atoms with Crippen LogP contribution in [0.25, 0.3) is 0 Å². The molecule has 0 radical (unpaired) electrons. The lowest BCUT2D eigenvalue weighted by molar-refractivity contribution is -0.384. The highest BCUT2D eigenvalue weighted by Gasteiger charge is 2.41. The Hall–Kier alpha value is -3.39. The molecule has 0 spiro atoms. The monoisotopic (exact) mass is 476 g/mol. The lowest BCUT2D eigenvalue weighted by atomic mass is 10.2. The summed E-state index contributed by atoms with van der Waals surface area (Å²) in [7, 11) is -4.19. The number of nitrogens with zero attached hydrogens (tertiary/aromatic N) is 1. The van der Waals surface area contributed by atoms with E-state index in [4.69, 9.17) is 13.7 Å². The number of anilines is 1. The third-order valence-electron chi connectivity index (χ3n) is 4.22. The van der Waals surface area contributed by atoms with E-state index < -0.39 is 57.0 Å². The fraction of sp³-hybridized carbons (Fsp3) is 0.278. The van der Waals surface area contributed by atoms with Crippen LogP contribution in [0.2, 0.25) is 0 Å². The van der Waals surface area contributed by atoms with E-state index in [1.54, 1.807) is 19.1 Å². The summed E-state index contributed by atoms with van der Waals surface area (Å²) in [5, 5.41) is 12.6. The van der Waals surface area contributed by atoms with Gasteiger partial charge in [0, 0.05) is 6.07 Å². The zero-order valence-electron chi connectivity index (χ0n) is 16.2. The van der Waals surface area contributed by atoms with Crippen molar-refractivity contribution in [3.8, 4) is 11.5 Å². The Morgan fingerprint density at radius 2 is 1.91 bits per heavy atom. The Labute approximate surface area is 179 Å². The normalized spacial score (nSPS) is 15.8. The van der Waals surface area contributed by atoms with Gasteiger partial charge in [0.05, 0.1) is 9.82 Å². The Balaban J connectivity index is 1.83. The molecule has 2 aromatic rings. The highest BCUT2D eigenvalue weighted by molar-refractivity contribution is 7.86. The summed E-state index contributed by atoms with van der Waals surface area (Å²) in [5.74, 6) is -3.19. The number of amides is 1. The number of halogens is 3. The second kappa shape index (κ2) is 8.63. The molecule has 1 heterocycles. The second-order valence-electron chi connectivity index (χ2n) is 6.60. The number of carbonyl (C=O) groups is 1. The van der Waals surface area contributed by atoms with E-state index >= 15 is 0 Å². The number of ether oxygens (including phenoxy) is 2. The van der Waals surface area contributed by atoms with Crippen molar-refractivity contribution in [3.05, 3.63) is 52.1 Å². The van der Waals surface area contributed by atoms with Gasteiger partial charge in [-0.15, -0.1) is 0 Å². The van der Waals surface area contributed by atoms with Crippen molar-refractivity contribution in [2.75, 3.05) is 18.5 Å². The highest BCUT2D eigenvalue weighted by Crippen LogP contribution is 2.45. The van der Waals surface area contributed by atoms with Gasteiger partial charge in [-0.1, -0.05) is 17.7 Å². The third-order valence-corrected chi connectivity index (χ3v) is 5.52. The van der Waals surface area contributed by atoms with Crippen LogP contribution >= 0.6 is 0 Å². The van der Waals surface area contributed by atoms with Crippen molar-refractivity contribution in [3.63, 3.8) is 0 Å². The minimum Gasteiger partial charge on any atom is -0.486 e. The molecule has 32 heavy (non-hydrogen) atoms. The van der Waals surface area contributed by atoms with Gasteiger partial charge in [0.2, 0.25) is 0 Å². The van der Waals surface area contributed by atoms with Crippen LogP contribution < -0.4 is 14.8 Å². The number of hydrogen-bond donors (Lipinski definition) is 1. The lowest BCUT2D eigenvalue weighted by Crippen LogP contribution is -2.35. The molecule has 1 atom stereocenters. The molecule has 0 aromatic heterocycles. The molecule has 0 fully saturated rings. The van der Waals surface area contributed by atoms with Crippen molar-refractivity contribution >= 4 is 27.4 Å². The number of benzene rings is 2. The van der Waals surface area contributed by atoms with Gasteiger partial charge >= 0.3 is 12.1 Å². The first kappa shape index (κ1) is 23.3. The van der Waals surface area contributed by atoms with E-state index in [0.29, 0.717) is 0 Å². The molecule has 1 amide bonds. The Morgan fingerprint density at radius 1 is 1.25 bits per heavy atom. The first-order valence-electron chi connectivity index (χ1n) is 8.83. The maximum atomic E-state index is 12.7. The molecule has 0 bridgehead atoms. The van der Waals surface area contributed by atoms with E-state index in [2.05, 4.69) is 0 Å². The van der Waals surface area contributed by atoms with E-state index in [0.717, 1.165) is 17.7 Å². The molecule has 2 aromatic carbocycles. The SMILES string of the molecule is Cc1ccc(S(=O)(=O)OCC2COc3ccc([N+](=O)[O-])c(NC(=O)C(F)(F)F)c3O2)cc1. The third kappa shape index (κ3) is 5.08. The van der Waals surface area contributed by atoms with Crippen LogP contribution in [0.5, 0.6) is 11.5 Å². The van der Waals surface area contributed by atoms with Gasteiger partial charge in [0.25, 0.3) is 15.8 Å². The summed E-state index contributed by atoms with van der Waals surface area (Å²) in [6.07, 6.45) is -6.48. The maximum absolute atomic E-state index is 12.7. The summed E-state index contributed by atoms with van der Waals surface area (Å²) < 4.78 is 78.3. The first-order valence-corrected chi connectivity index (χ1v) is 10.2. The van der Waals surface area contributed by atoms with Crippen LogP contribution in [0, 0.1) is 17.0 Å². The minimum atomic E-state index is -5.32. The van der Waals surface area contributed by atoms with Gasteiger partial charge in [-0.3, -0.25) is 19.1 Å². The maximum Gasteiger partial charge on any atom is 0.471 e. The van der Waals surface area contributed by atoms with Gasteiger partial charge in [0.1, 0.15) is 13.2 Å². The largest absolute Gasteiger partial charge is 0.486 e. The molecule has 1 aliphatic rings. The number of nitro benzene ring substituents is 1. The fourth-order valence-corrected chi connectivity index (χ4v) is 3.58. The molecular formula is C18H15F3N2O8S. The molecule has 1 N–H and O–H groups in total. The van der Waals surface area contributed by atoms with E-state index in [9.17, 15) is 36.5 Å². The molecule has 0 saturated heterocycles. The summed E-state index contributed by atoms with van der Waals surface area (Å²) in [6, 6.07) is 7.69. The number of nitro groups is 1. The van der Waals surface area contributed by atoms with Crippen molar-refractivity contribution < 1.29 is 45.0 Å². The second-order valence-corrected chi connectivity index (χ2v) is 8.21. The molecule has 0 saturated carbocycles. The standard InChI is InChI=1S/C18H15F3N2O8S/c1-10-2-4-12(5-3-10)32(27,28)30-9-11-8-29-14-7-6-13(23(25)26)15(16(14)31-11)22-17(24)18(19,20)21/h2-7,11H,8-9H2,1H3,(H,22,24). The summed E-state index contributed by atoms with van der Waals surface area (Å²) in [6.45, 7) is 0.891. The highest BCUT2D eigenvalue weighted by atomic mass is 32.2. The smallest absolute Gasteiger partial charge is 0.471 e. The zero-order chi connectivity index (χ0) is 23.7. The Morgan fingerprint density at radius 3 is 2.50 bits per heavy atom. The van der Waals surface area contributed by atoms with Crippen molar-refractivity contribution in [2.24, 2.45) is 0 Å². The quantitative estimate of drug-likeness (QED) is 0.382. The predicted molar refractivity (Wildman–Crippen MR) is 102 cm³/mol. The summed E-state index contributed by atoms with van der Waals surface area (Å²) in [4.78, 5) is 21.4. The van der Waals surface area contributed by atoms with Crippen molar-refractivity contribution in [2.45, 2.75) is 24.1 Å². The van der Waals surface area contributed by atoms with Gasteiger partial charge < -0.3 is 14.8 Å². The molecule has 172 valence electrons. The Kier molecular flexibility index (Phi) is 6.27. The zero-order valence-corrected chi connectivity index (χ0v) is 17.0. The number of fused-ring (bicyclic) bond motifs is 1. The molecule has 14 heteroatoms. The molecule has 1 unspecified atom stereocenters. The van der Waals surface area contributed by atoms with Crippen LogP contribution in [0.1, 0.15) is 5.56 Å². The first-order chi connectivity index (χ1) is 14.9. The van der Waals surface area contributed by atoms with Crippen LogP contribution in [-0.2, 0) is 19.1 Å². The average molecular weight is 476 g/mol. The van der Waals surface area contributed by atoms with E-state index in [1.165, 1.54) is 17.4 Å². The molecular weight excluding hydrogens is 461 g/mol. The molecule has 0 aliphatic carbocycles. The van der Waals surface area contributed by atoms with Crippen LogP contribution in [0.15, 0.2) is 41.3 Å². The van der Waals surface area contributed by atoms with Crippen molar-refractivity contribution in [1.82, 2.24) is 0 Å². The summed E-state index contributed by atoms with van der Waals surface area (Å²) >= 11 is 0. The number of alkyl halides is 3. The fourth-order valence-electron chi connectivity index (χ4n) is 2.65.